The molecule has 2 aromatic rings. The van der Waals surface area contributed by atoms with Gasteiger partial charge in [-0.1, -0.05) is 55.7 Å². The van der Waals surface area contributed by atoms with Gasteiger partial charge >= 0.3 is 5.97 Å². The first kappa shape index (κ1) is 27.4. The number of rotatable bonds is 10. The molecule has 37 heavy (non-hydrogen) atoms. The molecule has 0 bridgehead atoms. The number of benzene rings is 2. The van der Waals surface area contributed by atoms with Crippen molar-refractivity contribution in [1.82, 2.24) is 4.90 Å². The van der Waals surface area contributed by atoms with Gasteiger partial charge in [-0.3, -0.25) is 4.90 Å². The summed E-state index contributed by atoms with van der Waals surface area (Å²) in [6.45, 7) is 6.42. The summed E-state index contributed by atoms with van der Waals surface area (Å²) in [5, 5.41) is 8.88. The van der Waals surface area contributed by atoms with E-state index in [1.54, 1.807) is 11.8 Å². The SMILES string of the molecule is Cc1cc(Sc2cc(C#CCN3CCOCC3)cc(OCCC3CCCCC3)c2)ccc1OCC(=O)O. The van der Waals surface area contributed by atoms with Crippen LogP contribution >= 0.6 is 11.8 Å². The Morgan fingerprint density at radius 2 is 1.89 bits per heavy atom. The van der Waals surface area contributed by atoms with Crippen LogP contribution in [0, 0.1) is 24.7 Å². The molecule has 198 valence electrons. The van der Waals surface area contributed by atoms with Crippen LogP contribution in [0.3, 0.4) is 0 Å². The maximum Gasteiger partial charge on any atom is 0.341 e. The van der Waals surface area contributed by atoms with Gasteiger partial charge in [0.15, 0.2) is 6.61 Å². The lowest BCUT2D eigenvalue weighted by atomic mass is 9.87. The number of carboxylic acids is 1. The zero-order valence-electron chi connectivity index (χ0n) is 21.7. The minimum Gasteiger partial charge on any atom is -0.494 e. The summed E-state index contributed by atoms with van der Waals surface area (Å²) < 4.78 is 17.0. The lowest BCUT2D eigenvalue weighted by molar-refractivity contribution is -0.139. The molecule has 0 radical (unpaired) electrons. The summed E-state index contributed by atoms with van der Waals surface area (Å²) in [5.74, 6) is 7.91. The fraction of sp³-hybridized carbons (Fsp3) is 0.500. The quantitative estimate of drug-likeness (QED) is 0.404. The Labute approximate surface area is 224 Å². The monoisotopic (exact) mass is 523 g/mol. The molecule has 1 saturated heterocycles. The number of aliphatic carboxylic acids is 1. The molecule has 0 atom stereocenters. The number of hydrogen-bond donors (Lipinski definition) is 1. The molecule has 1 aliphatic heterocycles. The van der Waals surface area contributed by atoms with Gasteiger partial charge in [-0.2, -0.15) is 0 Å². The third kappa shape index (κ3) is 9.30. The van der Waals surface area contributed by atoms with Crippen LogP contribution in [0.4, 0.5) is 0 Å². The van der Waals surface area contributed by atoms with Crippen LogP contribution in [0.5, 0.6) is 11.5 Å². The molecule has 0 aromatic heterocycles. The number of ether oxygens (including phenoxy) is 3. The van der Waals surface area contributed by atoms with E-state index < -0.39 is 5.97 Å². The van der Waals surface area contributed by atoms with Crippen molar-refractivity contribution < 1.29 is 24.1 Å². The van der Waals surface area contributed by atoms with E-state index in [1.165, 1.54) is 32.1 Å². The second kappa shape index (κ2) is 14.3. The van der Waals surface area contributed by atoms with Crippen molar-refractivity contribution >= 4 is 17.7 Å². The lowest BCUT2D eigenvalue weighted by Crippen LogP contribution is -2.36. The van der Waals surface area contributed by atoms with E-state index in [1.807, 2.05) is 31.2 Å². The molecular weight excluding hydrogens is 486 g/mol. The molecule has 2 aromatic carbocycles. The highest BCUT2D eigenvalue weighted by atomic mass is 32.2. The van der Waals surface area contributed by atoms with Crippen LogP contribution in [-0.2, 0) is 9.53 Å². The fourth-order valence-corrected chi connectivity index (χ4v) is 5.75. The highest BCUT2D eigenvalue weighted by molar-refractivity contribution is 7.99. The van der Waals surface area contributed by atoms with Crippen LogP contribution < -0.4 is 9.47 Å². The number of hydrogen-bond acceptors (Lipinski definition) is 6. The van der Waals surface area contributed by atoms with Crippen molar-refractivity contribution in [1.29, 1.82) is 0 Å². The summed E-state index contributed by atoms with van der Waals surface area (Å²) in [5.41, 5.74) is 1.85. The van der Waals surface area contributed by atoms with E-state index in [0.717, 1.165) is 78.5 Å². The molecule has 1 N–H and O–H groups in total. The Balaban J connectivity index is 1.45. The average molecular weight is 524 g/mol. The smallest absolute Gasteiger partial charge is 0.341 e. The molecule has 2 aliphatic rings. The molecule has 0 spiro atoms. The Morgan fingerprint density at radius 1 is 1.08 bits per heavy atom. The molecular formula is C30H37NO5S. The molecule has 7 heteroatoms. The summed E-state index contributed by atoms with van der Waals surface area (Å²) in [4.78, 5) is 15.2. The molecule has 0 amide bonds. The lowest BCUT2D eigenvalue weighted by Gasteiger charge is -2.24. The highest BCUT2D eigenvalue weighted by Crippen LogP contribution is 2.34. The van der Waals surface area contributed by atoms with E-state index in [0.29, 0.717) is 5.75 Å². The maximum absolute atomic E-state index is 10.8. The number of morpholine rings is 1. The van der Waals surface area contributed by atoms with Gasteiger partial charge in [0.2, 0.25) is 0 Å². The average Bonchev–Trinajstić information content (AvgIpc) is 2.89. The molecule has 1 heterocycles. The van der Waals surface area contributed by atoms with Crippen LogP contribution in [0.1, 0.15) is 49.7 Å². The van der Waals surface area contributed by atoms with E-state index in [9.17, 15) is 4.79 Å². The normalized spacial score (nSPS) is 16.6. The second-order valence-corrected chi connectivity index (χ2v) is 10.9. The van der Waals surface area contributed by atoms with Gasteiger partial charge in [-0.15, -0.1) is 0 Å². The predicted molar refractivity (Wildman–Crippen MR) is 146 cm³/mol. The number of nitrogens with zero attached hydrogens (tertiary/aromatic N) is 1. The van der Waals surface area contributed by atoms with Crippen LogP contribution in [0.2, 0.25) is 0 Å². The Bertz CT molecular complexity index is 1100. The molecule has 1 aliphatic carbocycles. The maximum atomic E-state index is 10.8. The topological polar surface area (TPSA) is 68.2 Å². The van der Waals surface area contributed by atoms with Gasteiger partial charge in [-0.05, 0) is 61.2 Å². The van der Waals surface area contributed by atoms with Crippen LogP contribution in [0.15, 0.2) is 46.2 Å². The number of carboxylic acid groups (broad SMARTS) is 1. The second-order valence-electron chi connectivity index (χ2n) is 9.74. The van der Waals surface area contributed by atoms with E-state index in [-0.39, 0.29) is 6.61 Å². The number of carbonyl (C=O) groups is 1. The Morgan fingerprint density at radius 3 is 2.65 bits per heavy atom. The molecule has 2 fully saturated rings. The zero-order valence-corrected chi connectivity index (χ0v) is 22.5. The first-order valence-electron chi connectivity index (χ1n) is 13.2. The minimum atomic E-state index is -0.986. The fourth-order valence-electron chi connectivity index (χ4n) is 4.74. The standard InChI is InChI=1S/C30H37NO5S/c1-23-18-27(9-10-29(23)36-22-30(32)33)37-28-20-25(8-5-12-31-13-16-34-17-14-31)19-26(21-28)35-15-11-24-6-3-2-4-7-24/h9-10,18-21,24H,2-4,6-7,11-17,22H2,1H3,(H,32,33). The zero-order chi connectivity index (χ0) is 25.9. The largest absolute Gasteiger partial charge is 0.494 e. The van der Waals surface area contributed by atoms with Crippen LogP contribution in [0.25, 0.3) is 0 Å². The van der Waals surface area contributed by atoms with E-state index in [2.05, 4.69) is 28.9 Å². The highest BCUT2D eigenvalue weighted by Gasteiger charge is 2.14. The predicted octanol–water partition coefficient (Wildman–Crippen LogP) is 5.64. The van der Waals surface area contributed by atoms with Crippen molar-refractivity contribution in [3.05, 3.63) is 47.5 Å². The summed E-state index contributed by atoms with van der Waals surface area (Å²) >= 11 is 1.64. The van der Waals surface area contributed by atoms with Gasteiger partial charge in [0.05, 0.1) is 26.4 Å². The third-order valence-corrected chi connectivity index (χ3v) is 7.73. The molecule has 0 unspecified atom stereocenters. The molecule has 4 rings (SSSR count). The Kier molecular flexibility index (Phi) is 10.6. The third-order valence-electron chi connectivity index (χ3n) is 6.77. The molecule has 1 saturated carbocycles. The summed E-state index contributed by atoms with van der Waals surface area (Å²) in [6, 6.07) is 12.0. The van der Waals surface area contributed by atoms with E-state index in [4.69, 9.17) is 19.3 Å². The van der Waals surface area contributed by atoms with Crippen molar-refractivity contribution in [2.24, 2.45) is 5.92 Å². The van der Waals surface area contributed by atoms with Crippen molar-refractivity contribution in [2.45, 2.75) is 55.2 Å². The van der Waals surface area contributed by atoms with Crippen molar-refractivity contribution in [3.8, 4) is 23.3 Å². The van der Waals surface area contributed by atoms with E-state index >= 15 is 0 Å². The summed E-state index contributed by atoms with van der Waals surface area (Å²) in [7, 11) is 0. The first-order valence-corrected chi connectivity index (χ1v) is 14.1. The van der Waals surface area contributed by atoms with Crippen molar-refractivity contribution in [3.63, 3.8) is 0 Å². The van der Waals surface area contributed by atoms with Gasteiger partial charge in [0.25, 0.3) is 0 Å². The minimum absolute atomic E-state index is 0.347. The Hall–Kier alpha value is -2.66. The molecule has 6 nitrogen and oxygen atoms in total. The van der Waals surface area contributed by atoms with Crippen LogP contribution in [-0.4, -0.2) is 62.0 Å². The van der Waals surface area contributed by atoms with Gasteiger partial charge < -0.3 is 19.3 Å². The first-order chi connectivity index (χ1) is 18.0. The summed E-state index contributed by atoms with van der Waals surface area (Å²) in [6.07, 6.45) is 7.81. The van der Waals surface area contributed by atoms with Gasteiger partial charge in [-0.25, -0.2) is 4.79 Å². The van der Waals surface area contributed by atoms with Gasteiger partial charge in [0.1, 0.15) is 11.5 Å². The van der Waals surface area contributed by atoms with Gasteiger partial charge in [0, 0.05) is 28.4 Å². The van der Waals surface area contributed by atoms with Crippen molar-refractivity contribution in [2.75, 3.05) is 46.1 Å². The number of aryl methyl sites for hydroxylation is 1.